The minimum Gasteiger partial charge on any atom is -0.324 e. The normalized spacial score (nSPS) is 12.0. The van der Waals surface area contributed by atoms with E-state index < -0.39 is 7.60 Å². The van der Waals surface area contributed by atoms with Crippen LogP contribution in [-0.4, -0.2) is 15.9 Å². The Kier molecular flexibility index (Phi) is 6.14. The molecule has 0 aliphatic rings. The number of hydrogen-bond donors (Lipinski definition) is 2. The van der Waals surface area contributed by atoms with Crippen molar-refractivity contribution < 1.29 is 14.4 Å². The first-order valence-electron chi connectivity index (χ1n) is 7.40. The maximum absolute atomic E-state index is 10.8. The summed E-state index contributed by atoms with van der Waals surface area (Å²) in [6, 6.07) is 12.8. The molecule has 0 spiro atoms. The maximum Gasteiger partial charge on any atom is 0.325 e. The van der Waals surface area contributed by atoms with Crippen molar-refractivity contribution in [3.8, 4) is 19.5 Å². The second-order valence-electron chi connectivity index (χ2n) is 5.38. The molecule has 24 heavy (non-hydrogen) atoms. The fourth-order valence-corrected chi connectivity index (χ4v) is 6.57. The molecular formula is C16H16BrO3PS3. The highest BCUT2D eigenvalue weighted by Crippen LogP contribution is 2.41. The minimum absolute atomic E-state index is 0.0180. The number of aryl methyl sites for hydroxylation is 1. The van der Waals surface area contributed by atoms with Crippen LogP contribution in [0.5, 0.6) is 0 Å². The average Bonchev–Trinajstić information content (AvgIpc) is 3.22. The highest BCUT2D eigenvalue weighted by Gasteiger charge is 2.12. The van der Waals surface area contributed by atoms with E-state index in [0.717, 1.165) is 16.6 Å². The molecule has 0 saturated heterocycles. The van der Waals surface area contributed by atoms with Gasteiger partial charge in [0.25, 0.3) is 0 Å². The summed E-state index contributed by atoms with van der Waals surface area (Å²) < 4.78 is 12.0. The van der Waals surface area contributed by atoms with Gasteiger partial charge >= 0.3 is 7.60 Å². The Morgan fingerprint density at radius 1 is 0.833 bits per heavy atom. The molecule has 0 aliphatic heterocycles. The number of thiophene rings is 3. The standard InChI is InChI=1S/C16H16BrO3PS3/c17-16-9-8-15(24-16)14-7-6-13(23-14)12-5-4-11(22-12)3-1-2-10-21(18,19)20/h4-9H,1-3,10H2,(H2,18,19,20). The molecule has 0 aliphatic carbocycles. The van der Waals surface area contributed by atoms with E-state index in [2.05, 4.69) is 52.3 Å². The number of hydrogen-bond acceptors (Lipinski definition) is 4. The van der Waals surface area contributed by atoms with Crippen LogP contribution in [0.3, 0.4) is 0 Å². The first kappa shape index (κ1) is 18.5. The highest BCUT2D eigenvalue weighted by atomic mass is 79.9. The molecule has 8 heteroatoms. The number of halogens is 1. The molecule has 3 nitrogen and oxygen atoms in total. The zero-order valence-electron chi connectivity index (χ0n) is 12.6. The quantitative estimate of drug-likeness (QED) is 0.312. The Hall–Kier alpha value is -0.270. The van der Waals surface area contributed by atoms with Gasteiger partial charge in [0.2, 0.25) is 0 Å². The third kappa shape index (κ3) is 5.11. The van der Waals surface area contributed by atoms with Gasteiger partial charge in [-0.15, -0.1) is 34.0 Å². The van der Waals surface area contributed by atoms with Gasteiger partial charge in [0.05, 0.1) is 3.79 Å². The lowest BCUT2D eigenvalue weighted by molar-refractivity contribution is 0.371. The third-order valence-electron chi connectivity index (χ3n) is 3.45. The summed E-state index contributed by atoms with van der Waals surface area (Å²) >= 11 is 8.80. The molecule has 0 bridgehead atoms. The Labute approximate surface area is 161 Å². The smallest absolute Gasteiger partial charge is 0.324 e. The molecular weight excluding hydrogens is 447 g/mol. The van der Waals surface area contributed by atoms with E-state index in [1.165, 1.54) is 24.4 Å². The molecule has 0 amide bonds. The molecule has 3 heterocycles. The predicted molar refractivity (Wildman–Crippen MR) is 108 cm³/mol. The van der Waals surface area contributed by atoms with Gasteiger partial charge in [-0.05, 0) is 71.6 Å². The summed E-state index contributed by atoms with van der Waals surface area (Å²) in [6.45, 7) is 0. The number of unbranched alkanes of at least 4 members (excludes halogenated alkanes) is 1. The van der Waals surface area contributed by atoms with Crippen LogP contribution in [-0.2, 0) is 11.0 Å². The Bertz CT molecular complexity index is 861. The molecule has 0 saturated carbocycles. The van der Waals surface area contributed by atoms with Gasteiger partial charge in [0, 0.05) is 30.5 Å². The van der Waals surface area contributed by atoms with E-state index in [9.17, 15) is 4.57 Å². The zero-order valence-corrected chi connectivity index (χ0v) is 17.6. The second kappa shape index (κ2) is 7.96. The van der Waals surface area contributed by atoms with E-state index in [4.69, 9.17) is 9.79 Å². The van der Waals surface area contributed by atoms with Gasteiger partial charge in [-0.3, -0.25) is 4.57 Å². The Morgan fingerprint density at radius 3 is 2.04 bits per heavy atom. The molecule has 0 atom stereocenters. The van der Waals surface area contributed by atoms with Crippen molar-refractivity contribution in [2.45, 2.75) is 19.3 Å². The molecule has 0 radical (unpaired) electrons. The first-order valence-corrected chi connectivity index (χ1v) is 12.4. The van der Waals surface area contributed by atoms with Gasteiger partial charge in [-0.1, -0.05) is 0 Å². The summed E-state index contributed by atoms with van der Waals surface area (Å²) in [5.41, 5.74) is 0. The molecule has 0 aromatic carbocycles. The van der Waals surface area contributed by atoms with Crippen molar-refractivity contribution in [3.05, 3.63) is 45.1 Å². The van der Waals surface area contributed by atoms with Crippen molar-refractivity contribution in [3.63, 3.8) is 0 Å². The highest BCUT2D eigenvalue weighted by molar-refractivity contribution is 9.11. The zero-order chi connectivity index (χ0) is 17.2. The van der Waals surface area contributed by atoms with Gasteiger partial charge in [-0.25, -0.2) is 0 Å². The largest absolute Gasteiger partial charge is 0.325 e. The van der Waals surface area contributed by atoms with Crippen molar-refractivity contribution in [1.29, 1.82) is 0 Å². The Balaban J connectivity index is 1.61. The predicted octanol–water partition coefficient (Wildman–Crippen LogP) is 6.47. The van der Waals surface area contributed by atoms with Crippen LogP contribution in [0, 0.1) is 0 Å². The van der Waals surface area contributed by atoms with E-state index in [-0.39, 0.29) is 6.16 Å². The van der Waals surface area contributed by atoms with E-state index >= 15 is 0 Å². The SMILES string of the molecule is O=P(O)(O)CCCCc1ccc(-c2ccc(-c3ccc(Br)s3)s2)s1. The molecule has 128 valence electrons. The van der Waals surface area contributed by atoms with Crippen LogP contribution < -0.4 is 0 Å². The Morgan fingerprint density at radius 2 is 1.42 bits per heavy atom. The fraction of sp³-hybridized carbons (Fsp3) is 0.250. The van der Waals surface area contributed by atoms with Crippen LogP contribution in [0.1, 0.15) is 17.7 Å². The van der Waals surface area contributed by atoms with Gasteiger partial charge in [-0.2, -0.15) is 0 Å². The molecule has 3 rings (SSSR count). The lowest BCUT2D eigenvalue weighted by atomic mass is 10.2. The van der Waals surface area contributed by atoms with Crippen molar-refractivity contribution in [2.24, 2.45) is 0 Å². The van der Waals surface area contributed by atoms with Crippen LogP contribution in [0.4, 0.5) is 0 Å². The average molecular weight is 463 g/mol. The van der Waals surface area contributed by atoms with Crippen molar-refractivity contribution >= 4 is 57.5 Å². The summed E-state index contributed by atoms with van der Waals surface area (Å²) in [5.74, 6) is 0. The summed E-state index contributed by atoms with van der Waals surface area (Å²) in [6.07, 6.45) is 2.23. The van der Waals surface area contributed by atoms with Gasteiger partial charge in [0.1, 0.15) is 0 Å². The van der Waals surface area contributed by atoms with Crippen LogP contribution in [0.2, 0.25) is 0 Å². The summed E-state index contributed by atoms with van der Waals surface area (Å²) in [5, 5.41) is 0. The third-order valence-corrected chi connectivity index (χ3v) is 8.59. The van der Waals surface area contributed by atoms with E-state index in [0.29, 0.717) is 6.42 Å². The lowest BCUT2D eigenvalue weighted by Crippen LogP contribution is -1.89. The molecule has 3 aromatic heterocycles. The lowest BCUT2D eigenvalue weighted by Gasteiger charge is -2.02. The van der Waals surface area contributed by atoms with Gasteiger partial charge < -0.3 is 9.79 Å². The molecule has 3 aromatic rings. The van der Waals surface area contributed by atoms with E-state index in [1.54, 1.807) is 34.0 Å². The first-order chi connectivity index (χ1) is 11.4. The summed E-state index contributed by atoms with van der Waals surface area (Å²) in [4.78, 5) is 24.1. The van der Waals surface area contributed by atoms with Crippen LogP contribution >= 0.6 is 57.5 Å². The van der Waals surface area contributed by atoms with E-state index in [1.807, 2.05) is 0 Å². The monoisotopic (exact) mass is 462 g/mol. The molecule has 0 unspecified atom stereocenters. The van der Waals surface area contributed by atoms with Crippen LogP contribution in [0.25, 0.3) is 19.5 Å². The molecule has 0 fully saturated rings. The fourth-order valence-electron chi connectivity index (χ4n) is 2.31. The van der Waals surface area contributed by atoms with Crippen molar-refractivity contribution in [2.75, 3.05) is 6.16 Å². The minimum atomic E-state index is -3.85. The number of rotatable bonds is 7. The van der Waals surface area contributed by atoms with Crippen molar-refractivity contribution in [1.82, 2.24) is 0 Å². The van der Waals surface area contributed by atoms with Gasteiger partial charge in [0.15, 0.2) is 0 Å². The topological polar surface area (TPSA) is 57.5 Å². The summed E-state index contributed by atoms with van der Waals surface area (Å²) in [7, 11) is -3.85. The second-order valence-corrected chi connectivity index (χ2v) is 11.9. The van der Waals surface area contributed by atoms with Crippen LogP contribution in [0.15, 0.2) is 40.2 Å². The molecule has 2 N–H and O–H groups in total. The maximum atomic E-state index is 10.8.